The number of carboxylic acid groups (broad SMARTS) is 1. The number of Topliss-reactive ketones (excluding diaryl/α,β-unsaturated/α-hetero) is 1. The van der Waals surface area contributed by atoms with Crippen LogP contribution in [0.1, 0.15) is 17.3 Å². The van der Waals surface area contributed by atoms with E-state index in [-0.39, 0.29) is 11.3 Å². The second kappa shape index (κ2) is 4.41. The van der Waals surface area contributed by atoms with E-state index in [2.05, 4.69) is 0 Å². The SMILES string of the molecule is CC(C(=O)O)=C(N)C(=O)c1ccccc1. The topological polar surface area (TPSA) is 80.4 Å². The molecule has 0 aromatic heterocycles. The van der Waals surface area contributed by atoms with Crippen molar-refractivity contribution in [1.29, 1.82) is 0 Å². The molecule has 0 spiro atoms. The molecular formula is C11H11NO3. The third-order valence-corrected chi connectivity index (χ3v) is 2.01. The van der Waals surface area contributed by atoms with E-state index >= 15 is 0 Å². The Hall–Kier alpha value is -2.10. The second-order valence-electron chi connectivity index (χ2n) is 3.04. The number of rotatable bonds is 3. The van der Waals surface area contributed by atoms with Crippen molar-refractivity contribution in [3.05, 3.63) is 47.2 Å². The van der Waals surface area contributed by atoms with Crippen molar-refractivity contribution >= 4 is 11.8 Å². The highest BCUT2D eigenvalue weighted by molar-refractivity contribution is 6.11. The average Bonchev–Trinajstić information content (AvgIpc) is 2.27. The Labute approximate surface area is 87.0 Å². The number of carbonyl (C=O) groups is 2. The van der Waals surface area contributed by atoms with Crippen LogP contribution in [0.5, 0.6) is 0 Å². The van der Waals surface area contributed by atoms with Gasteiger partial charge in [0.1, 0.15) is 0 Å². The Bertz CT molecular complexity index is 421. The summed E-state index contributed by atoms with van der Waals surface area (Å²) in [6, 6.07) is 8.32. The Morgan fingerprint density at radius 1 is 1.20 bits per heavy atom. The van der Waals surface area contributed by atoms with Gasteiger partial charge in [0.2, 0.25) is 5.78 Å². The summed E-state index contributed by atoms with van der Waals surface area (Å²) in [7, 11) is 0. The first-order chi connectivity index (χ1) is 7.04. The molecule has 1 rings (SSSR count). The molecule has 0 heterocycles. The molecule has 0 fully saturated rings. The lowest BCUT2D eigenvalue weighted by Crippen LogP contribution is -2.17. The molecule has 0 radical (unpaired) electrons. The van der Waals surface area contributed by atoms with Crippen LogP contribution in [0.2, 0.25) is 0 Å². The monoisotopic (exact) mass is 205 g/mol. The molecule has 0 amide bonds. The summed E-state index contributed by atoms with van der Waals surface area (Å²) in [5.41, 5.74) is 5.46. The molecule has 4 heteroatoms. The number of allylic oxidation sites excluding steroid dienone is 1. The Kier molecular flexibility index (Phi) is 3.23. The van der Waals surface area contributed by atoms with Crippen molar-refractivity contribution in [2.75, 3.05) is 0 Å². The first-order valence-corrected chi connectivity index (χ1v) is 4.33. The second-order valence-corrected chi connectivity index (χ2v) is 3.04. The van der Waals surface area contributed by atoms with Crippen LogP contribution in [-0.4, -0.2) is 16.9 Å². The van der Waals surface area contributed by atoms with Gasteiger partial charge in [0.25, 0.3) is 0 Å². The van der Waals surface area contributed by atoms with Gasteiger partial charge in [-0.3, -0.25) is 4.79 Å². The van der Waals surface area contributed by atoms with Crippen molar-refractivity contribution in [2.24, 2.45) is 5.73 Å². The van der Waals surface area contributed by atoms with Crippen molar-refractivity contribution in [1.82, 2.24) is 0 Å². The minimum atomic E-state index is -1.18. The maximum absolute atomic E-state index is 11.6. The number of ketones is 1. The highest BCUT2D eigenvalue weighted by Gasteiger charge is 2.14. The van der Waals surface area contributed by atoms with E-state index in [1.54, 1.807) is 30.3 Å². The number of carboxylic acids is 1. The number of aliphatic carboxylic acids is 1. The van der Waals surface area contributed by atoms with Gasteiger partial charge in [0, 0.05) is 5.56 Å². The summed E-state index contributed by atoms with van der Waals surface area (Å²) in [6.07, 6.45) is 0. The number of nitrogens with two attached hydrogens (primary N) is 1. The molecular weight excluding hydrogens is 194 g/mol. The lowest BCUT2D eigenvalue weighted by atomic mass is 10.1. The molecule has 0 atom stereocenters. The zero-order valence-corrected chi connectivity index (χ0v) is 8.23. The van der Waals surface area contributed by atoms with E-state index in [1.165, 1.54) is 6.92 Å². The van der Waals surface area contributed by atoms with Gasteiger partial charge < -0.3 is 10.8 Å². The van der Waals surface area contributed by atoms with Crippen molar-refractivity contribution in [3.8, 4) is 0 Å². The molecule has 0 aliphatic carbocycles. The third-order valence-electron chi connectivity index (χ3n) is 2.01. The first-order valence-electron chi connectivity index (χ1n) is 4.33. The van der Waals surface area contributed by atoms with E-state index in [9.17, 15) is 9.59 Å². The molecule has 15 heavy (non-hydrogen) atoms. The number of hydrogen-bond acceptors (Lipinski definition) is 3. The standard InChI is InChI=1S/C11H11NO3/c1-7(11(14)15)9(12)10(13)8-5-3-2-4-6-8/h2-6H,12H2,1H3,(H,14,15). The van der Waals surface area contributed by atoms with Crippen LogP contribution in [0.15, 0.2) is 41.6 Å². The van der Waals surface area contributed by atoms with Crippen LogP contribution in [0.4, 0.5) is 0 Å². The van der Waals surface area contributed by atoms with E-state index in [4.69, 9.17) is 10.8 Å². The lowest BCUT2D eigenvalue weighted by Gasteiger charge is -2.02. The summed E-state index contributed by atoms with van der Waals surface area (Å²) in [4.78, 5) is 22.2. The van der Waals surface area contributed by atoms with Crippen molar-refractivity contribution < 1.29 is 14.7 Å². The predicted octanol–water partition coefficient (Wildman–Crippen LogP) is 1.19. The Balaban J connectivity index is 3.07. The molecule has 78 valence electrons. The molecule has 4 nitrogen and oxygen atoms in total. The largest absolute Gasteiger partial charge is 0.478 e. The van der Waals surface area contributed by atoms with E-state index in [0.717, 1.165) is 0 Å². The van der Waals surface area contributed by atoms with Gasteiger partial charge in [-0.15, -0.1) is 0 Å². The normalized spacial score (nSPS) is 11.8. The molecule has 0 aliphatic rings. The lowest BCUT2D eigenvalue weighted by molar-refractivity contribution is -0.132. The summed E-state index contributed by atoms with van der Waals surface area (Å²) >= 11 is 0. The van der Waals surface area contributed by atoms with E-state index < -0.39 is 11.8 Å². The van der Waals surface area contributed by atoms with Gasteiger partial charge in [-0.1, -0.05) is 30.3 Å². The van der Waals surface area contributed by atoms with Gasteiger partial charge in [0.05, 0.1) is 11.3 Å². The molecule has 0 saturated heterocycles. The maximum atomic E-state index is 11.6. The van der Waals surface area contributed by atoms with E-state index in [1.807, 2.05) is 0 Å². The molecule has 1 aromatic carbocycles. The van der Waals surface area contributed by atoms with Crippen LogP contribution in [0.3, 0.4) is 0 Å². The zero-order chi connectivity index (χ0) is 11.4. The predicted molar refractivity (Wildman–Crippen MR) is 55.3 cm³/mol. The molecule has 3 N–H and O–H groups in total. The maximum Gasteiger partial charge on any atom is 0.333 e. The Morgan fingerprint density at radius 2 is 1.73 bits per heavy atom. The molecule has 0 aliphatic heterocycles. The number of benzene rings is 1. The molecule has 0 unspecified atom stereocenters. The third kappa shape index (κ3) is 2.43. The molecule has 0 bridgehead atoms. The van der Waals surface area contributed by atoms with Crippen LogP contribution in [-0.2, 0) is 4.79 Å². The minimum Gasteiger partial charge on any atom is -0.478 e. The highest BCUT2D eigenvalue weighted by atomic mass is 16.4. The fourth-order valence-corrected chi connectivity index (χ4v) is 1.03. The van der Waals surface area contributed by atoms with Crippen molar-refractivity contribution in [2.45, 2.75) is 6.92 Å². The average molecular weight is 205 g/mol. The Morgan fingerprint density at radius 3 is 2.20 bits per heavy atom. The van der Waals surface area contributed by atoms with Gasteiger partial charge in [-0.05, 0) is 6.92 Å². The van der Waals surface area contributed by atoms with Crippen LogP contribution < -0.4 is 5.73 Å². The first kappa shape index (κ1) is 11.0. The summed E-state index contributed by atoms with van der Waals surface area (Å²) in [5, 5.41) is 8.66. The van der Waals surface area contributed by atoms with Gasteiger partial charge in [0.15, 0.2) is 0 Å². The fraction of sp³-hybridized carbons (Fsp3) is 0.0909. The van der Waals surface area contributed by atoms with Gasteiger partial charge in [-0.25, -0.2) is 4.79 Å². The smallest absolute Gasteiger partial charge is 0.333 e. The molecule has 0 saturated carbocycles. The summed E-state index contributed by atoms with van der Waals surface area (Å²) in [5.74, 6) is -1.65. The van der Waals surface area contributed by atoms with Crippen LogP contribution in [0, 0.1) is 0 Å². The molecule has 1 aromatic rings. The summed E-state index contributed by atoms with van der Waals surface area (Å²) < 4.78 is 0. The quantitative estimate of drug-likeness (QED) is 0.573. The fourth-order valence-electron chi connectivity index (χ4n) is 1.03. The highest BCUT2D eigenvalue weighted by Crippen LogP contribution is 2.08. The van der Waals surface area contributed by atoms with E-state index in [0.29, 0.717) is 5.56 Å². The number of hydrogen-bond donors (Lipinski definition) is 2. The van der Waals surface area contributed by atoms with Gasteiger partial charge in [-0.2, -0.15) is 0 Å². The summed E-state index contributed by atoms with van der Waals surface area (Å²) in [6.45, 7) is 1.30. The van der Waals surface area contributed by atoms with Crippen LogP contribution in [0.25, 0.3) is 0 Å². The van der Waals surface area contributed by atoms with Gasteiger partial charge >= 0.3 is 5.97 Å². The minimum absolute atomic E-state index is 0.135. The zero-order valence-electron chi connectivity index (χ0n) is 8.23. The van der Waals surface area contributed by atoms with Crippen LogP contribution >= 0.6 is 0 Å². The van der Waals surface area contributed by atoms with Crippen molar-refractivity contribution in [3.63, 3.8) is 0 Å². The number of carbonyl (C=O) groups excluding carboxylic acids is 1.